The van der Waals surface area contributed by atoms with E-state index in [4.69, 9.17) is 4.74 Å². The van der Waals surface area contributed by atoms with Gasteiger partial charge in [-0.3, -0.25) is 4.79 Å². The first-order valence-electron chi connectivity index (χ1n) is 10.2. The number of tetrazole rings is 1. The number of hydrogen-bond donors (Lipinski definition) is 0. The van der Waals surface area contributed by atoms with Gasteiger partial charge in [-0.05, 0) is 74.2 Å². The summed E-state index contributed by atoms with van der Waals surface area (Å²) in [4.78, 5) is 13.0. The van der Waals surface area contributed by atoms with Crippen molar-refractivity contribution in [1.82, 2.24) is 24.8 Å². The number of thioether (sulfide) groups is 1. The van der Waals surface area contributed by atoms with Crippen LogP contribution >= 0.6 is 11.8 Å². The van der Waals surface area contributed by atoms with Gasteiger partial charge >= 0.3 is 0 Å². The number of Topliss-reactive ketones (excluding diaryl/α,β-unsaturated/α-hetero) is 1. The lowest BCUT2D eigenvalue weighted by Crippen LogP contribution is -2.17. The molecule has 4 rings (SSSR count). The molecule has 3 aromatic rings. The molecule has 1 aliphatic rings. The summed E-state index contributed by atoms with van der Waals surface area (Å²) in [7, 11) is 0. The number of aryl methyl sites for hydroxylation is 3. The molecule has 0 aliphatic carbocycles. The maximum absolute atomic E-state index is 13.0. The number of carbonyl (C=O) groups is 1. The van der Waals surface area contributed by atoms with Gasteiger partial charge in [0.25, 0.3) is 0 Å². The molecule has 3 heterocycles. The van der Waals surface area contributed by atoms with E-state index in [1.165, 1.54) is 11.8 Å². The van der Waals surface area contributed by atoms with E-state index < -0.39 is 0 Å². The van der Waals surface area contributed by atoms with Gasteiger partial charge in [-0.1, -0.05) is 23.9 Å². The predicted molar refractivity (Wildman–Crippen MR) is 117 cm³/mol. The number of hydrogen-bond acceptors (Lipinski definition) is 6. The Bertz CT molecular complexity index is 1070. The summed E-state index contributed by atoms with van der Waals surface area (Å²) >= 11 is 1.37. The van der Waals surface area contributed by atoms with E-state index in [-0.39, 0.29) is 17.6 Å². The van der Waals surface area contributed by atoms with Gasteiger partial charge in [-0.25, -0.2) is 0 Å². The Balaban J connectivity index is 1.49. The van der Waals surface area contributed by atoms with E-state index in [1.54, 1.807) is 4.68 Å². The van der Waals surface area contributed by atoms with Gasteiger partial charge in [-0.15, -0.1) is 5.10 Å². The van der Waals surface area contributed by atoms with Gasteiger partial charge in [0, 0.05) is 30.1 Å². The molecule has 1 saturated heterocycles. The van der Waals surface area contributed by atoms with Gasteiger partial charge in [0.1, 0.15) is 0 Å². The summed E-state index contributed by atoms with van der Waals surface area (Å²) < 4.78 is 9.68. The van der Waals surface area contributed by atoms with Crippen molar-refractivity contribution in [2.24, 2.45) is 0 Å². The quantitative estimate of drug-likeness (QED) is 0.423. The van der Waals surface area contributed by atoms with Gasteiger partial charge in [0.05, 0.1) is 17.5 Å². The van der Waals surface area contributed by atoms with Crippen molar-refractivity contribution in [3.05, 3.63) is 52.3 Å². The highest BCUT2D eigenvalue weighted by Crippen LogP contribution is 2.25. The fraction of sp³-hybridized carbons (Fsp3) is 0.455. The largest absolute Gasteiger partial charge is 0.376 e. The number of ketones is 1. The zero-order valence-electron chi connectivity index (χ0n) is 17.9. The van der Waals surface area contributed by atoms with E-state index >= 15 is 0 Å². The first-order chi connectivity index (χ1) is 14.4. The van der Waals surface area contributed by atoms with Crippen LogP contribution in [0.1, 0.15) is 45.7 Å². The molecule has 1 aromatic carbocycles. The number of aromatic nitrogens is 5. The molecule has 158 valence electrons. The SMILES string of the molecule is Cc1ccc(C)c(-n2nnnc2SCC(=O)c2cc(C)n(CC3CCCO3)c2C)c1. The maximum atomic E-state index is 13.0. The van der Waals surface area contributed by atoms with Gasteiger partial charge in [0.2, 0.25) is 5.16 Å². The molecule has 0 radical (unpaired) electrons. The molecule has 1 atom stereocenters. The van der Waals surface area contributed by atoms with Crippen LogP contribution in [0.5, 0.6) is 0 Å². The van der Waals surface area contributed by atoms with Gasteiger partial charge in [-0.2, -0.15) is 4.68 Å². The molecular weight excluding hydrogens is 398 g/mol. The van der Waals surface area contributed by atoms with Gasteiger partial charge in [0.15, 0.2) is 5.78 Å². The molecule has 0 N–H and O–H groups in total. The molecule has 1 aliphatic heterocycles. The Morgan fingerprint density at radius 1 is 1.23 bits per heavy atom. The van der Waals surface area contributed by atoms with Crippen LogP contribution in [0, 0.1) is 27.7 Å². The predicted octanol–water partition coefficient (Wildman–Crippen LogP) is 3.85. The zero-order chi connectivity index (χ0) is 21.3. The van der Waals surface area contributed by atoms with Crippen molar-refractivity contribution in [2.75, 3.05) is 12.4 Å². The number of rotatable bonds is 7. The summed E-state index contributed by atoms with van der Waals surface area (Å²) in [5.41, 5.74) is 6.02. The van der Waals surface area contributed by atoms with E-state index in [2.05, 4.69) is 38.3 Å². The molecule has 30 heavy (non-hydrogen) atoms. The standard InChI is InChI=1S/C22H27N5O2S/c1-14-7-8-15(2)20(10-14)27-22(23-24-25-27)30-13-21(28)19-11-16(3)26(17(19)4)12-18-6-5-9-29-18/h7-8,10-11,18H,5-6,9,12-13H2,1-4H3. The Morgan fingerprint density at radius 3 is 2.83 bits per heavy atom. The van der Waals surface area contributed by atoms with Crippen molar-refractivity contribution in [3.63, 3.8) is 0 Å². The fourth-order valence-electron chi connectivity index (χ4n) is 3.93. The number of nitrogens with zero attached hydrogens (tertiary/aromatic N) is 5. The third-order valence-electron chi connectivity index (χ3n) is 5.65. The average Bonchev–Trinajstić information content (AvgIpc) is 3.46. The fourth-order valence-corrected chi connectivity index (χ4v) is 4.70. The second-order valence-electron chi connectivity index (χ2n) is 7.91. The summed E-state index contributed by atoms with van der Waals surface area (Å²) in [5, 5.41) is 12.7. The molecule has 0 saturated carbocycles. The van der Waals surface area contributed by atoms with E-state index in [9.17, 15) is 4.79 Å². The smallest absolute Gasteiger partial charge is 0.214 e. The van der Waals surface area contributed by atoms with Crippen molar-refractivity contribution < 1.29 is 9.53 Å². The van der Waals surface area contributed by atoms with Crippen LogP contribution in [0.15, 0.2) is 29.4 Å². The third kappa shape index (κ3) is 4.20. The second kappa shape index (κ2) is 8.73. The van der Waals surface area contributed by atoms with Crippen LogP contribution < -0.4 is 0 Å². The minimum Gasteiger partial charge on any atom is -0.376 e. The lowest BCUT2D eigenvalue weighted by Gasteiger charge is -2.14. The van der Waals surface area contributed by atoms with Crippen LogP contribution in [-0.2, 0) is 11.3 Å². The highest BCUT2D eigenvalue weighted by atomic mass is 32.2. The first kappa shape index (κ1) is 20.8. The summed E-state index contributed by atoms with van der Waals surface area (Å²) in [6.45, 7) is 9.77. The lowest BCUT2D eigenvalue weighted by atomic mass is 10.1. The van der Waals surface area contributed by atoms with E-state index in [0.29, 0.717) is 5.16 Å². The summed E-state index contributed by atoms with van der Waals surface area (Å²) in [6, 6.07) is 8.15. The first-order valence-corrected chi connectivity index (χ1v) is 11.2. The lowest BCUT2D eigenvalue weighted by molar-refractivity contribution is 0.0957. The molecule has 2 aromatic heterocycles. The van der Waals surface area contributed by atoms with Crippen molar-refractivity contribution in [2.45, 2.75) is 58.3 Å². The minimum atomic E-state index is 0.0854. The summed E-state index contributed by atoms with van der Waals surface area (Å²) in [5.74, 6) is 0.373. The van der Waals surface area contributed by atoms with Crippen LogP contribution in [0.4, 0.5) is 0 Å². The molecular formula is C22H27N5O2S. The Labute approximate surface area is 180 Å². The van der Waals surface area contributed by atoms with Crippen molar-refractivity contribution in [1.29, 1.82) is 0 Å². The molecule has 8 heteroatoms. The molecule has 1 fully saturated rings. The third-order valence-corrected chi connectivity index (χ3v) is 6.57. The Hall–Kier alpha value is -2.45. The number of benzene rings is 1. The topological polar surface area (TPSA) is 74.8 Å². The van der Waals surface area contributed by atoms with Crippen LogP contribution in [0.2, 0.25) is 0 Å². The monoisotopic (exact) mass is 425 g/mol. The number of carbonyl (C=O) groups excluding carboxylic acids is 1. The zero-order valence-corrected chi connectivity index (χ0v) is 18.7. The summed E-state index contributed by atoms with van der Waals surface area (Å²) in [6.07, 6.45) is 2.44. The van der Waals surface area contributed by atoms with Crippen LogP contribution in [0.25, 0.3) is 5.69 Å². The van der Waals surface area contributed by atoms with Gasteiger partial charge < -0.3 is 9.30 Å². The Kier molecular flexibility index (Phi) is 6.06. The highest BCUT2D eigenvalue weighted by Gasteiger charge is 2.22. The molecule has 0 spiro atoms. The maximum Gasteiger partial charge on any atom is 0.214 e. The minimum absolute atomic E-state index is 0.0854. The van der Waals surface area contributed by atoms with Crippen LogP contribution in [-0.4, -0.2) is 49.0 Å². The van der Waals surface area contributed by atoms with Crippen LogP contribution in [0.3, 0.4) is 0 Å². The molecule has 1 unspecified atom stereocenters. The van der Waals surface area contributed by atoms with Crippen molar-refractivity contribution >= 4 is 17.5 Å². The van der Waals surface area contributed by atoms with Crippen molar-refractivity contribution in [3.8, 4) is 5.69 Å². The number of ether oxygens (including phenoxy) is 1. The second-order valence-corrected chi connectivity index (χ2v) is 8.85. The normalized spacial score (nSPS) is 16.3. The molecule has 0 bridgehead atoms. The van der Waals surface area contributed by atoms with E-state index in [1.807, 2.05) is 33.8 Å². The average molecular weight is 426 g/mol. The highest BCUT2D eigenvalue weighted by molar-refractivity contribution is 7.99. The molecule has 0 amide bonds. The van der Waals surface area contributed by atoms with E-state index in [0.717, 1.165) is 59.8 Å². The Morgan fingerprint density at radius 2 is 2.07 bits per heavy atom. The molecule has 7 nitrogen and oxygen atoms in total.